The third-order valence-corrected chi connectivity index (χ3v) is 3.97. The van der Waals surface area contributed by atoms with Crippen LogP contribution in [0, 0.1) is 5.92 Å². The highest BCUT2D eigenvalue weighted by atomic mass is 32.1. The summed E-state index contributed by atoms with van der Waals surface area (Å²) in [6.07, 6.45) is 6.40. The van der Waals surface area contributed by atoms with Crippen LogP contribution in [-0.4, -0.2) is 34.8 Å². The predicted molar refractivity (Wildman–Crippen MR) is 79.6 cm³/mol. The Kier molecular flexibility index (Phi) is 5.52. The summed E-state index contributed by atoms with van der Waals surface area (Å²) in [7, 11) is 0. The molecular formula is C14H21N3O2S. The summed E-state index contributed by atoms with van der Waals surface area (Å²) in [5, 5.41) is 5.13. The fraction of sp³-hybridized carbons (Fsp3) is 0.643. The molecule has 0 spiro atoms. The summed E-state index contributed by atoms with van der Waals surface area (Å²) in [6, 6.07) is 0. The van der Waals surface area contributed by atoms with E-state index < -0.39 is 0 Å². The van der Waals surface area contributed by atoms with Gasteiger partial charge in [-0.05, 0) is 25.2 Å². The number of nitrogens with zero attached hydrogens (tertiary/aromatic N) is 2. The van der Waals surface area contributed by atoms with E-state index in [9.17, 15) is 9.59 Å². The Morgan fingerprint density at radius 1 is 1.50 bits per heavy atom. The van der Waals surface area contributed by atoms with Crippen LogP contribution in [-0.2, 0) is 9.59 Å². The summed E-state index contributed by atoms with van der Waals surface area (Å²) in [5.74, 6) is 0.520. The third kappa shape index (κ3) is 4.92. The number of carbonyl (C=O) groups excluding carboxylic acids is 2. The summed E-state index contributed by atoms with van der Waals surface area (Å²) in [4.78, 5) is 29.8. The van der Waals surface area contributed by atoms with Crippen LogP contribution in [0.1, 0.15) is 39.0 Å². The number of thiazole rings is 1. The molecule has 1 aliphatic carbocycles. The number of amides is 2. The van der Waals surface area contributed by atoms with Crippen molar-refractivity contribution in [3.63, 3.8) is 0 Å². The summed E-state index contributed by atoms with van der Waals surface area (Å²) in [6.45, 7) is 2.92. The van der Waals surface area contributed by atoms with E-state index in [0.29, 0.717) is 24.0 Å². The van der Waals surface area contributed by atoms with Crippen molar-refractivity contribution in [3.05, 3.63) is 11.6 Å². The maximum Gasteiger partial charge on any atom is 0.245 e. The lowest BCUT2D eigenvalue weighted by Crippen LogP contribution is -2.39. The van der Waals surface area contributed by atoms with Crippen molar-refractivity contribution in [2.24, 2.45) is 5.92 Å². The second kappa shape index (κ2) is 7.38. The van der Waals surface area contributed by atoms with Crippen molar-refractivity contribution in [2.45, 2.75) is 39.0 Å². The van der Waals surface area contributed by atoms with E-state index in [1.807, 2.05) is 5.38 Å². The normalized spacial score (nSPS) is 14.1. The number of nitrogens with one attached hydrogen (secondary N) is 1. The minimum Gasteiger partial charge on any atom is -0.333 e. The monoisotopic (exact) mass is 295 g/mol. The lowest BCUT2D eigenvalue weighted by Gasteiger charge is -2.21. The molecule has 20 heavy (non-hydrogen) atoms. The fourth-order valence-electron chi connectivity index (χ4n) is 1.97. The van der Waals surface area contributed by atoms with Crippen LogP contribution >= 0.6 is 11.3 Å². The maximum atomic E-state index is 12.1. The zero-order chi connectivity index (χ0) is 14.4. The van der Waals surface area contributed by atoms with Gasteiger partial charge in [0.15, 0.2) is 5.13 Å². The molecule has 6 heteroatoms. The molecule has 0 radical (unpaired) electrons. The van der Waals surface area contributed by atoms with Crippen LogP contribution in [0.2, 0.25) is 0 Å². The van der Waals surface area contributed by atoms with Gasteiger partial charge < -0.3 is 10.2 Å². The molecule has 2 rings (SSSR count). The molecule has 1 saturated carbocycles. The largest absolute Gasteiger partial charge is 0.333 e. The van der Waals surface area contributed by atoms with Gasteiger partial charge in [0, 0.05) is 24.5 Å². The van der Waals surface area contributed by atoms with Crippen molar-refractivity contribution in [1.82, 2.24) is 9.88 Å². The van der Waals surface area contributed by atoms with Crippen molar-refractivity contribution in [3.8, 4) is 0 Å². The Balaban J connectivity index is 1.85. The standard InChI is InChI=1S/C14H21N3O2S/c1-2-3-4-13(19)17(9-11-5-6-11)10-12(18)16-14-15-7-8-20-14/h7-8,11H,2-6,9-10H2,1H3,(H,15,16,18). The molecule has 2 amide bonds. The van der Waals surface area contributed by atoms with Crippen LogP contribution in [0.4, 0.5) is 5.13 Å². The number of carbonyl (C=O) groups is 2. The topological polar surface area (TPSA) is 62.3 Å². The van der Waals surface area contributed by atoms with E-state index in [0.717, 1.165) is 12.8 Å². The first-order chi connectivity index (χ1) is 9.69. The van der Waals surface area contributed by atoms with E-state index in [-0.39, 0.29) is 18.4 Å². The van der Waals surface area contributed by atoms with Crippen LogP contribution in [0.3, 0.4) is 0 Å². The van der Waals surface area contributed by atoms with Crippen molar-refractivity contribution >= 4 is 28.3 Å². The van der Waals surface area contributed by atoms with Gasteiger partial charge in [0.1, 0.15) is 0 Å². The number of anilines is 1. The van der Waals surface area contributed by atoms with Crippen LogP contribution in [0.25, 0.3) is 0 Å². The average Bonchev–Trinajstić information content (AvgIpc) is 3.10. The molecule has 1 aromatic rings. The first-order valence-corrected chi connectivity index (χ1v) is 8.04. The first kappa shape index (κ1) is 15.0. The molecule has 1 heterocycles. The van der Waals surface area contributed by atoms with Gasteiger partial charge in [0.05, 0.1) is 6.54 Å². The van der Waals surface area contributed by atoms with E-state index in [4.69, 9.17) is 0 Å². The SMILES string of the molecule is CCCCC(=O)N(CC(=O)Nc1nccs1)CC1CC1. The number of hydrogen-bond donors (Lipinski definition) is 1. The summed E-state index contributed by atoms with van der Waals surface area (Å²) < 4.78 is 0. The highest BCUT2D eigenvalue weighted by Gasteiger charge is 2.27. The Hall–Kier alpha value is -1.43. The smallest absolute Gasteiger partial charge is 0.245 e. The van der Waals surface area contributed by atoms with Crippen molar-refractivity contribution in [2.75, 3.05) is 18.4 Å². The number of hydrogen-bond acceptors (Lipinski definition) is 4. The van der Waals surface area contributed by atoms with Gasteiger partial charge in [0.25, 0.3) is 0 Å². The van der Waals surface area contributed by atoms with Crippen LogP contribution in [0.15, 0.2) is 11.6 Å². The third-order valence-electron chi connectivity index (χ3n) is 3.29. The minimum absolute atomic E-state index is 0.0908. The molecule has 0 atom stereocenters. The molecule has 1 aromatic heterocycles. The van der Waals surface area contributed by atoms with Crippen molar-refractivity contribution in [1.29, 1.82) is 0 Å². The molecule has 1 aliphatic rings. The zero-order valence-corrected chi connectivity index (χ0v) is 12.6. The van der Waals surface area contributed by atoms with E-state index in [1.165, 1.54) is 24.2 Å². The van der Waals surface area contributed by atoms with E-state index in [1.54, 1.807) is 11.1 Å². The minimum atomic E-state index is -0.162. The Labute approximate surface area is 123 Å². The first-order valence-electron chi connectivity index (χ1n) is 7.16. The molecule has 1 N–H and O–H groups in total. The second-order valence-corrected chi connectivity index (χ2v) is 6.10. The fourth-order valence-corrected chi connectivity index (χ4v) is 2.52. The van der Waals surface area contributed by atoms with Gasteiger partial charge in [-0.25, -0.2) is 4.98 Å². The van der Waals surface area contributed by atoms with Gasteiger partial charge in [-0.2, -0.15) is 0 Å². The molecular weight excluding hydrogens is 274 g/mol. The van der Waals surface area contributed by atoms with Crippen LogP contribution in [0.5, 0.6) is 0 Å². The Morgan fingerprint density at radius 3 is 2.90 bits per heavy atom. The van der Waals surface area contributed by atoms with Crippen LogP contribution < -0.4 is 5.32 Å². The molecule has 5 nitrogen and oxygen atoms in total. The number of unbranched alkanes of at least 4 members (excludes halogenated alkanes) is 1. The lowest BCUT2D eigenvalue weighted by atomic mass is 10.2. The van der Waals surface area contributed by atoms with Gasteiger partial charge in [-0.1, -0.05) is 13.3 Å². The van der Waals surface area contributed by atoms with Gasteiger partial charge in [-0.3, -0.25) is 9.59 Å². The summed E-state index contributed by atoms with van der Waals surface area (Å²) >= 11 is 1.38. The summed E-state index contributed by atoms with van der Waals surface area (Å²) in [5.41, 5.74) is 0. The molecule has 0 bridgehead atoms. The molecule has 0 unspecified atom stereocenters. The number of aromatic nitrogens is 1. The van der Waals surface area contributed by atoms with E-state index >= 15 is 0 Å². The molecule has 0 saturated heterocycles. The second-order valence-electron chi connectivity index (χ2n) is 5.21. The zero-order valence-electron chi connectivity index (χ0n) is 11.8. The number of rotatable bonds is 8. The van der Waals surface area contributed by atoms with Gasteiger partial charge in [-0.15, -0.1) is 11.3 Å². The Morgan fingerprint density at radius 2 is 2.30 bits per heavy atom. The average molecular weight is 295 g/mol. The quantitative estimate of drug-likeness (QED) is 0.801. The highest BCUT2D eigenvalue weighted by Crippen LogP contribution is 2.30. The predicted octanol–water partition coefficient (Wildman–Crippen LogP) is 2.51. The molecule has 110 valence electrons. The molecule has 0 aliphatic heterocycles. The molecule has 0 aromatic carbocycles. The molecule has 1 fully saturated rings. The van der Waals surface area contributed by atoms with Gasteiger partial charge >= 0.3 is 0 Å². The van der Waals surface area contributed by atoms with Gasteiger partial charge in [0.2, 0.25) is 11.8 Å². The maximum absolute atomic E-state index is 12.1. The van der Waals surface area contributed by atoms with Crippen molar-refractivity contribution < 1.29 is 9.59 Å². The highest BCUT2D eigenvalue weighted by molar-refractivity contribution is 7.13. The Bertz CT molecular complexity index is 443. The lowest BCUT2D eigenvalue weighted by molar-refractivity contribution is -0.135. The van der Waals surface area contributed by atoms with E-state index in [2.05, 4.69) is 17.2 Å².